The van der Waals surface area contributed by atoms with Crippen molar-refractivity contribution in [3.8, 4) is 11.8 Å². The highest BCUT2D eigenvalue weighted by atomic mass is 16.6. The Morgan fingerprint density at radius 3 is 2.62 bits per heavy atom. The molecule has 0 N–H and O–H groups in total. The molecular formula is C18H15N3O3. The zero-order valence-corrected chi connectivity index (χ0v) is 13.5. The van der Waals surface area contributed by atoms with Gasteiger partial charge >= 0.3 is 5.97 Å². The van der Waals surface area contributed by atoms with Crippen molar-refractivity contribution in [1.82, 2.24) is 4.57 Å². The van der Waals surface area contributed by atoms with E-state index < -0.39 is 5.97 Å². The molecule has 2 heterocycles. The van der Waals surface area contributed by atoms with Crippen LogP contribution in [0.15, 0.2) is 41.0 Å². The van der Waals surface area contributed by atoms with Gasteiger partial charge in [0.25, 0.3) is 0 Å². The van der Waals surface area contributed by atoms with E-state index in [1.165, 1.54) is 0 Å². The predicted octanol–water partition coefficient (Wildman–Crippen LogP) is 2.56. The third-order valence-electron chi connectivity index (χ3n) is 3.94. The maximum absolute atomic E-state index is 12.1. The second-order valence-corrected chi connectivity index (χ2v) is 5.31. The van der Waals surface area contributed by atoms with Gasteiger partial charge < -0.3 is 14.0 Å². The zero-order chi connectivity index (χ0) is 17.3. The number of hydrogen-bond acceptors (Lipinski definition) is 5. The van der Waals surface area contributed by atoms with Gasteiger partial charge in [0.1, 0.15) is 17.5 Å². The van der Waals surface area contributed by atoms with Crippen LogP contribution in [0.1, 0.15) is 22.5 Å². The Kier molecular flexibility index (Phi) is 3.92. The molecule has 1 aromatic carbocycles. The fourth-order valence-corrected chi connectivity index (χ4v) is 2.39. The van der Waals surface area contributed by atoms with Gasteiger partial charge in [-0.25, -0.2) is 9.79 Å². The summed E-state index contributed by atoms with van der Waals surface area (Å²) in [4.78, 5) is 16.3. The molecule has 120 valence electrons. The molecule has 0 saturated carbocycles. The van der Waals surface area contributed by atoms with Crippen molar-refractivity contribution in [2.75, 3.05) is 7.11 Å². The average Bonchev–Trinajstić information content (AvgIpc) is 3.10. The third-order valence-corrected chi connectivity index (χ3v) is 3.94. The van der Waals surface area contributed by atoms with Crippen LogP contribution in [0.2, 0.25) is 0 Å². The van der Waals surface area contributed by atoms with Gasteiger partial charge in [-0.1, -0.05) is 0 Å². The first-order chi connectivity index (χ1) is 11.5. The lowest BCUT2D eigenvalue weighted by Gasteiger charge is -2.01. The Balaban J connectivity index is 1.95. The molecule has 0 bridgehead atoms. The fraction of sp³-hybridized carbons (Fsp3) is 0.167. The number of rotatable bonds is 3. The maximum atomic E-state index is 12.1. The smallest absolute Gasteiger partial charge is 0.363 e. The van der Waals surface area contributed by atoms with Crippen molar-refractivity contribution in [2.24, 2.45) is 12.0 Å². The van der Waals surface area contributed by atoms with Crippen molar-refractivity contribution in [3.05, 3.63) is 58.5 Å². The number of hydrogen-bond donors (Lipinski definition) is 0. The first kappa shape index (κ1) is 15.6. The first-order valence-electron chi connectivity index (χ1n) is 7.27. The zero-order valence-electron chi connectivity index (χ0n) is 13.5. The average molecular weight is 321 g/mol. The van der Waals surface area contributed by atoms with Gasteiger partial charge in [0, 0.05) is 18.3 Å². The van der Waals surface area contributed by atoms with Gasteiger partial charge in [-0.05, 0) is 48.9 Å². The molecule has 0 unspecified atom stereocenters. The summed E-state index contributed by atoms with van der Waals surface area (Å²) in [6, 6.07) is 10.9. The highest BCUT2D eigenvalue weighted by molar-refractivity contribution is 6.12. The van der Waals surface area contributed by atoms with E-state index in [1.807, 2.05) is 6.92 Å². The molecule has 6 nitrogen and oxygen atoms in total. The van der Waals surface area contributed by atoms with Crippen molar-refractivity contribution < 1.29 is 14.3 Å². The summed E-state index contributed by atoms with van der Waals surface area (Å²) in [7, 11) is 3.38. The summed E-state index contributed by atoms with van der Waals surface area (Å²) in [5.41, 5.74) is 3.06. The van der Waals surface area contributed by atoms with E-state index in [0.717, 1.165) is 11.3 Å². The van der Waals surface area contributed by atoms with Gasteiger partial charge in [-0.2, -0.15) is 5.26 Å². The molecule has 2 aromatic rings. The van der Waals surface area contributed by atoms with Crippen LogP contribution in [0.5, 0.6) is 5.75 Å². The molecule has 0 aliphatic carbocycles. The van der Waals surface area contributed by atoms with Crippen molar-refractivity contribution in [3.63, 3.8) is 0 Å². The van der Waals surface area contributed by atoms with Crippen molar-refractivity contribution >= 4 is 17.9 Å². The number of methoxy groups -OCH3 is 1. The van der Waals surface area contributed by atoms with Gasteiger partial charge in [0.2, 0.25) is 5.90 Å². The standard InChI is InChI=1S/C18H15N3O3/c1-11-13(8-14(10-19)21(11)2)9-16-18(22)24-17(20-16)12-4-6-15(23-3)7-5-12/h4-9H,1-3H3. The highest BCUT2D eigenvalue weighted by Gasteiger charge is 2.24. The van der Waals surface area contributed by atoms with Crippen molar-refractivity contribution in [1.29, 1.82) is 5.26 Å². The Hall–Kier alpha value is -3.33. The summed E-state index contributed by atoms with van der Waals surface area (Å²) < 4.78 is 12.1. The second-order valence-electron chi connectivity index (χ2n) is 5.31. The first-order valence-corrected chi connectivity index (χ1v) is 7.27. The molecule has 1 aliphatic rings. The molecule has 0 fully saturated rings. The molecule has 0 saturated heterocycles. The Morgan fingerprint density at radius 2 is 2.04 bits per heavy atom. The topological polar surface area (TPSA) is 76.6 Å². The monoisotopic (exact) mass is 321 g/mol. The third kappa shape index (κ3) is 2.68. The van der Waals surface area contributed by atoms with Crippen LogP contribution in [0.3, 0.4) is 0 Å². The molecule has 24 heavy (non-hydrogen) atoms. The number of benzene rings is 1. The number of aliphatic imine (C=N–C) groups is 1. The number of nitriles is 1. The fourth-order valence-electron chi connectivity index (χ4n) is 2.39. The number of esters is 1. The lowest BCUT2D eigenvalue weighted by Crippen LogP contribution is -2.05. The molecule has 1 aromatic heterocycles. The molecule has 3 rings (SSSR count). The molecule has 0 spiro atoms. The Morgan fingerprint density at radius 1 is 1.33 bits per heavy atom. The lowest BCUT2D eigenvalue weighted by molar-refractivity contribution is -0.129. The van der Waals surface area contributed by atoms with Crippen LogP contribution in [-0.4, -0.2) is 23.5 Å². The van der Waals surface area contributed by atoms with E-state index in [4.69, 9.17) is 14.7 Å². The summed E-state index contributed by atoms with van der Waals surface area (Å²) in [5, 5.41) is 9.08. The van der Waals surface area contributed by atoms with Crippen LogP contribution in [0.25, 0.3) is 6.08 Å². The van der Waals surface area contributed by atoms with E-state index in [0.29, 0.717) is 17.0 Å². The molecule has 1 aliphatic heterocycles. The van der Waals surface area contributed by atoms with Gasteiger partial charge in [0.15, 0.2) is 5.70 Å². The van der Waals surface area contributed by atoms with Crippen LogP contribution in [0, 0.1) is 18.3 Å². The minimum atomic E-state index is -0.512. The molecule has 0 amide bonds. The van der Waals surface area contributed by atoms with E-state index in [-0.39, 0.29) is 11.6 Å². The summed E-state index contributed by atoms with van der Waals surface area (Å²) in [6.45, 7) is 1.88. The van der Waals surface area contributed by atoms with Crippen LogP contribution in [-0.2, 0) is 16.6 Å². The lowest BCUT2D eigenvalue weighted by atomic mass is 10.2. The SMILES string of the molecule is COc1ccc(C2=NC(=Cc3cc(C#N)n(C)c3C)C(=O)O2)cc1. The summed E-state index contributed by atoms with van der Waals surface area (Å²) in [6.07, 6.45) is 1.63. The predicted molar refractivity (Wildman–Crippen MR) is 88.5 cm³/mol. The quantitative estimate of drug-likeness (QED) is 0.643. The molecule has 0 radical (unpaired) electrons. The van der Waals surface area contributed by atoms with Crippen LogP contribution < -0.4 is 4.74 Å². The van der Waals surface area contributed by atoms with E-state index in [2.05, 4.69) is 11.1 Å². The van der Waals surface area contributed by atoms with E-state index in [1.54, 1.807) is 55.1 Å². The maximum Gasteiger partial charge on any atom is 0.363 e. The number of carbonyl (C=O) groups excluding carboxylic acids is 1. The Labute approximate surface area is 139 Å². The van der Waals surface area contributed by atoms with Gasteiger partial charge in [0.05, 0.1) is 7.11 Å². The van der Waals surface area contributed by atoms with E-state index >= 15 is 0 Å². The van der Waals surface area contributed by atoms with Crippen LogP contribution in [0.4, 0.5) is 0 Å². The highest BCUT2D eigenvalue weighted by Crippen LogP contribution is 2.23. The second kappa shape index (κ2) is 6.05. The number of ether oxygens (including phenoxy) is 2. The number of carbonyl (C=O) groups is 1. The summed E-state index contributed by atoms with van der Waals surface area (Å²) in [5.74, 6) is 0.453. The normalized spacial score (nSPS) is 15.2. The number of cyclic esters (lactones) is 1. The molecule has 6 heteroatoms. The summed E-state index contributed by atoms with van der Waals surface area (Å²) >= 11 is 0. The number of aromatic nitrogens is 1. The minimum absolute atomic E-state index is 0.207. The van der Waals surface area contributed by atoms with Crippen LogP contribution >= 0.6 is 0 Å². The molecule has 0 atom stereocenters. The van der Waals surface area contributed by atoms with E-state index in [9.17, 15) is 4.79 Å². The minimum Gasteiger partial charge on any atom is -0.497 e. The molecular weight excluding hydrogens is 306 g/mol. The number of nitrogens with zero attached hydrogens (tertiary/aromatic N) is 3. The van der Waals surface area contributed by atoms with Gasteiger partial charge in [-0.15, -0.1) is 0 Å². The largest absolute Gasteiger partial charge is 0.497 e. The van der Waals surface area contributed by atoms with Gasteiger partial charge in [-0.3, -0.25) is 0 Å². The Bertz CT molecular complexity index is 912. The van der Waals surface area contributed by atoms with Crippen molar-refractivity contribution in [2.45, 2.75) is 6.92 Å².